The van der Waals surface area contributed by atoms with Gasteiger partial charge in [-0.15, -0.1) is 0 Å². The molecule has 20 heavy (non-hydrogen) atoms. The zero-order chi connectivity index (χ0) is 15.4. The largest absolute Gasteiger partial charge is 0.506 e. The van der Waals surface area contributed by atoms with Crippen LogP contribution in [0.5, 0.6) is 11.5 Å². The van der Waals surface area contributed by atoms with E-state index < -0.39 is 0 Å². The molecule has 0 aliphatic heterocycles. The molecular formula is C14H16Cl2N2O2. The summed E-state index contributed by atoms with van der Waals surface area (Å²) in [6.07, 6.45) is 0. The van der Waals surface area contributed by atoms with E-state index in [1.165, 1.54) is 0 Å². The van der Waals surface area contributed by atoms with Crippen molar-refractivity contribution < 1.29 is 10.2 Å². The molecule has 0 aliphatic rings. The maximum Gasteiger partial charge on any atom is 0.139 e. The molecular weight excluding hydrogens is 299 g/mol. The first-order chi connectivity index (χ1) is 9.25. The molecule has 2 aromatic carbocycles. The Labute approximate surface area is 127 Å². The van der Waals surface area contributed by atoms with Crippen LogP contribution in [0.1, 0.15) is 11.1 Å². The average molecular weight is 315 g/mol. The number of nitrogen functional groups attached to an aromatic ring is 2. The molecule has 4 nitrogen and oxygen atoms in total. The summed E-state index contributed by atoms with van der Waals surface area (Å²) in [5, 5.41) is 18.8. The van der Waals surface area contributed by atoms with Crippen LogP contribution in [-0.4, -0.2) is 10.2 Å². The molecule has 0 radical (unpaired) electrons. The topological polar surface area (TPSA) is 92.5 Å². The monoisotopic (exact) mass is 314 g/mol. The van der Waals surface area contributed by atoms with Crippen LogP contribution in [0.25, 0.3) is 0 Å². The van der Waals surface area contributed by atoms with E-state index in [4.69, 9.17) is 34.7 Å². The maximum atomic E-state index is 9.18. The molecule has 0 atom stereocenters. The molecule has 0 spiro atoms. The number of phenols is 2. The first-order valence-corrected chi connectivity index (χ1v) is 6.48. The van der Waals surface area contributed by atoms with Crippen molar-refractivity contribution in [3.63, 3.8) is 0 Å². The van der Waals surface area contributed by atoms with Gasteiger partial charge in [-0.3, -0.25) is 0 Å². The molecule has 2 rings (SSSR count). The Hall–Kier alpha value is -1.78. The van der Waals surface area contributed by atoms with Gasteiger partial charge in [0.05, 0.1) is 11.4 Å². The summed E-state index contributed by atoms with van der Waals surface area (Å²) < 4.78 is 0. The minimum atomic E-state index is 0.0710. The van der Waals surface area contributed by atoms with E-state index in [2.05, 4.69) is 0 Å². The molecule has 0 unspecified atom stereocenters. The molecule has 0 amide bonds. The molecule has 0 heterocycles. The Balaban J connectivity index is 0.000000200. The van der Waals surface area contributed by atoms with Gasteiger partial charge in [-0.2, -0.15) is 0 Å². The number of rotatable bonds is 0. The highest BCUT2D eigenvalue weighted by Gasteiger charge is 2.04. The fraction of sp³-hybridized carbons (Fsp3) is 0.143. The van der Waals surface area contributed by atoms with Crippen molar-refractivity contribution in [3.8, 4) is 11.5 Å². The Bertz CT molecular complexity index is 522. The SMILES string of the molecule is Cc1ccc(N)c(Cl)c1O.Cc1ccc(N)c(Cl)c1O. The second-order valence-electron chi connectivity index (χ2n) is 4.27. The second kappa shape index (κ2) is 6.59. The van der Waals surface area contributed by atoms with Crippen molar-refractivity contribution >= 4 is 34.6 Å². The number of hydrogen-bond acceptors (Lipinski definition) is 4. The van der Waals surface area contributed by atoms with E-state index in [-0.39, 0.29) is 21.5 Å². The quantitative estimate of drug-likeness (QED) is 0.555. The van der Waals surface area contributed by atoms with Crippen LogP contribution in [0.4, 0.5) is 11.4 Å². The normalized spacial score (nSPS) is 9.80. The van der Waals surface area contributed by atoms with Gasteiger partial charge in [-0.1, -0.05) is 35.3 Å². The molecule has 6 N–H and O–H groups in total. The predicted octanol–water partition coefficient (Wildman–Crippen LogP) is 3.87. The lowest BCUT2D eigenvalue weighted by Crippen LogP contribution is -1.86. The summed E-state index contributed by atoms with van der Waals surface area (Å²) in [4.78, 5) is 0. The number of benzene rings is 2. The van der Waals surface area contributed by atoms with Gasteiger partial charge in [0.1, 0.15) is 21.5 Å². The van der Waals surface area contributed by atoms with Gasteiger partial charge >= 0.3 is 0 Å². The van der Waals surface area contributed by atoms with Crippen molar-refractivity contribution in [2.45, 2.75) is 13.8 Å². The van der Waals surface area contributed by atoms with Crippen LogP contribution in [0.3, 0.4) is 0 Å². The summed E-state index contributed by atoms with van der Waals surface area (Å²) in [5.74, 6) is 0.142. The molecule has 108 valence electrons. The predicted molar refractivity (Wildman–Crippen MR) is 84.5 cm³/mol. The maximum absolute atomic E-state index is 9.18. The van der Waals surface area contributed by atoms with Crippen LogP contribution in [-0.2, 0) is 0 Å². The second-order valence-corrected chi connectivity index (χ2v) is 5.02. The summed E-state index contributed by atoms with van der Waals surface area (Å²) >= 11 is 11.2. The minimum absolute atomic E-state index is 0.0710. The fourth-order valence-corrected chi connectivity index (χ4v) is 1.78. The van der Waals surface area contributed by atoms with Crippen molar-refractivity contribution in [3.05, 3.63) is 45.4 Å². The first kappa shape index (κ1) is 16.3. The van der Waals surface area contributed by atoms with E-state index in [1.807, 2.05) is 0 Å². The number of anilines is 2. The van der Waals surface area contributed by atoms with E-state index in [1.54, 1.807) is 38.1 Å². The molecule has 2 aromatic rings. The number of nitrogens with two attached hydrogens (primary N) is 2. The number of phenolic OH excluding ortho intramolecular Hbond substituents is 2. The summed E-state index contributed by atoms with van der Waals surface area (Å²) in [5.41, 5.74) is 13.1. The molecule has 0 saturated carbocycles. The highest BCUT2D eigenvalue weighted by Crippen LogP contribution is 2.32. The molecule has 0 saturated heterocycles. The van der Waals surface area contributed by atoms with E-state index in [0.29, 0.717) is 11.4 Å². The summed E-state index contributed by atoms with van der Waals surface area (Å²) in [6.45, 7) is 3.53. The van der Waals surface area contributed by atoms with Gasteiger partial charge in [0.2, 0.25) is 0 Å². The third-order valence-corrected chi connectivity index (χ3v) is 3.49. The van der Waals surface area contributed by atoms with Gasteiger partial charge in [0.25, 0.3) is 0 Å². The highest BCUT2D eigenvalue weighted by atomic mass is 35.5. The fourth-order valence-electron chi connectivity index (χ4n) is 1.35. The van der Waals surface area contributed by atoms with E-state index in [9.17, 15) is 10.2 Å². The summed E-state index contributed by atoms with van der Waals surface area (Å²) in [7, 11) is 0. The van der Waals surface area contributed by atoms with Crippen LogP contribution in [0.2, 0.25) is 10.0 Å². The number of aryl methyl sites for hydroxylation is 2. The lowest BCUT2D eigenvalue weighted by Gasteiger charge is -2.02. The van der Waals surface area contributed by atoms with Crippen LogP contribution < -0.4 is 11.5 Å². The van der Waals surface area contributed by atoms with Crippen molar-refractivity contribution in [2.24, 2.45) is 0 Å². The minimum Gasteiger partial charge on any atom is -0.506 e. The zero-order valence-corrected chi connectivity index (χ0v) is 12.6. The van der Waals surface area contributed by atoms with Gasteiger partial charge in [-0.25, -0.2) is 0 Å². The third kappa shape index (κ3) is 3.62. The van der Waals surface area contributed by atoms with Crippen LogP contribution in [0.15, 0.2) is 24.3 Å². The highest BCUT2D eigenvalue weighted by molar-refractivity contribution is 6.34. The van der Waals surface area contributed by atoms with Crippen molar-refractivity contribution in [1.82, 2.24) is 0 Å². The average Bonchev–Trinajstić information content (AvgIpc) is 2.43. The van der Waals surface area contributed by atoms with Gasteiger partial charge < -0.3 is 21.7 Å². The summed E-state index contributed by atoms with van der Waals surface area (Å²) in [6, 6.07) is 6.77. The lowest BCUT2D eigenvalue weighted by atomic mass is 10.2. The Morgan fingerprint density at radius 2 is 1.05 bits per heavy atom. The van der Waals surface area contributed by atoms with E-state index in [0.717, 1.165) is 11.1 Å². The molecule has 6 heteroatoms. The molecule has 0 aliphatic carbocycles. The molecule has 0 bridgehead atoms. The number of aromatic hydroxyl groups is 2. The van der Waals surface area contributed by atoms with Gasteiger partial charge in [0, 0.05) is 0 Å². The molecule has 0 fully saturated rings. The Kier molecular flexibility index (Phi) is 5.36. The van der Waals surface area contributed by atoms with Crippen molar-refractivity contribution in [2.75, 3.05) is 11.5 Å². The standard InChI is InChI=1S/2C7H8ClNO/c2*1-4-2-3-5(9)6(8)7(4)10/h2*2-3,10H,9H2,1H3. The van der Waals surface area contributed by atoms with Crippen LogP contribution in [0, 0.1) is 13.8 Å². The van der Waals surface area contributed by atoms with Crippen molar-refractivity contribution in [1.29, 1.82) is 0 Å². The van der Waals surface area contributed by atoms with Gasteiger partial charge in [-0.05, 0) is 37.1 Å². The zero-order valence-electron chi connectivity index (χ0n) is 11.1. The Morgan fingerprint density at radius 1 is 0.750 bits per heavy atom. The van der Waals surface area contributed by atoms with Gasteiger partial charge in [0.15, 0.2) is 0 Å². The third-order valence-electron chi connectivity index (χ3n) is 2.70. The number of halogens is 2. The Morgan fingerprint density at radius 3 is 1.30 bits per heavy atom. The van der Waals surface area contributed by atoms with Crippen LogP contribution >= 0.6 is 23.2 Å². The smallest absolute Gasteiger partial charge is 0.139 e. The molecule has 0 aromatic heterocycles. The first-order valence-electron chi connectivity index (χ1n) is 5.72. The lowest BCUT2D eigenvalue weighted by molar-refractivity contribution is 0.471. The van der Waals surface area contributed by atoms with E-state index >= 15 is 0 Å². The number of hydrogen-bond donors (Lipinski definition) is 4.